The Morgan fingerprint density at radius 2 is 1.86 bits per heavy atom. The minimum absolute atomic E-state index is 0.0838. The Balaban J connectivity index is 1.83. The zero-order chi connectivity index (χ0) is 19.8. The highest BCUT2D eigenvalue weighted by Gasteiger charge is 2.20. The van der Waals surface area contributed by atoms with Gasteiger partial charge in [-0.2, -0.15) is 4.98 Å². The molecule has 4 rings (SSSR count). The summed E-state index contributed by atoms with van der Waals surface area (Å²) in [5.74, 6) is 0.174. The van der Waals surface area contributed by atoms with Gasteiger partial charge in [-0.05, 0) is 37.1 Å². The lowest BCUT2D eigenvalue weighted by atomic mass is 10.1. The molecule has 2 aromatic rings. The van der Waals surface area contributed by atoms with Gasteiger partial charge in [0.15, 0.2) is 11.5 Å². The topological polar surface area (TPSA) is 101 Å². The monoisotopic (exact) mass is 376 g/mol. The molecule has 142 valence electrons. The molecule has 1 atom stereocenters. The summed E-state index contributed by atoms with van der Waals surface area (Å²) in [6.45, 7) is 4.12. The van der Waals surface area contributed by atoms with Gasteiger partial charge >= 0.3 is 5.69 Å². The Morgan fingerprint density at radius 1 is 1.07 bits per heavy atom. The summed E-state index contributed by atoms with van der Waals surface area (Å²) in [5, 5.41) is 10.7. The first-order valence-corrected chi connectivity index (χ1v) is 9.05. The third-order valence-corrected chi connectivity index (χ3v) is 4.71. The van der Waals surface area contributed by atoms with Crippen LogP contribution in [0.25, 0.3) is 22.6 Å². The van der Waals surface area contributed by atoms with Crippen molar-refractivity contribution in [2.24, 2.45) is 0 Å². The molecule has 28 heavy (non-hydrogen) atoms. The van der Waals surface area contributed by atoms with Crippen molar-refractivity contribution in [2.45, 2.75) is 32.9 Å². The van der Waals surface area contributed by atoms with E-state index in [0.717, 1.165) is 16.7 Å². The Morgan fingerprint density at radius 3 is 2.64 bits per heavy atom. The fourth-order valence-electron chi connectivity index (χ4n) is 3.48. The average Bonchev–Trinajstić information content (AvgIpc) is 2.62. The predicted molar refractivity (Wildman–Crippen MR) is 107 cm³/mol. The normalized spacial score (nSPS) is 12.5. The van der Waals surface area contributed by atoms with Gasteiger partial charge in [-0.1, -0.05) is 35.9 Å². The lowest BCUT2D eigenvalue weighted by Gasteiger charge is -2.20. The minimum Gasteiger partial charge on any atom is -0.391 e. The number of hydrogen-bond acceptors (Lipinski definition) is 5. The smallest absolute Gasteiger partial charge is 0.349 e. The van der Waals surface area contributed by atoms with Crippen LogP contribution in [0.1, 0.15) is 16.7 Å². The van der Waals surface area contributed by atoms with Crippen LogP contribution in [0.15, 0.2) is 52.1 Å². The summed E-state index contributed by atoms with van der Waals surface area (Å²) in [7, 11) is 0. The molecule has 0 spiro atoms. The number of fused-ring (bicyclic) bond motifs is 2. The van der Waals surface area contributed by atoms with Crippen LogP contribution in [0.4, 0.5) is 0 Å². The van der Waals surface area contributed by atoms with E-state index in [1.807, 2.05) is 56.3 Å². The van der Waals surface area contributed by atoms with E-state index < -0.39 is 17.4 Å². The third-order valence-electron chi connectivity index (χ3n) is 4.71. The van der Waals surface area contributed by atoms with Gasteiger partial charge in [-0.25, -0.2) is 9.78 Å². The SMILES string of the molecule is Cc1cccc(CC(O)Cn2c3nc(=O)[nH]c(=O)c-3nc3cc(C)ccc32)c1. The maximum Gasteiger partial charge on any atom is 0.349 e. The van der Waals surface area contributed by atoms with Gasteiger partial charge < -0.3 is 9.67 Å². The highest BCUT2D eigenvalue weighted by atomic mass is 16.3. The van der Waals surface area contributed by atoms with E-state index >= 15 is 0 Å². The fraction of sp³-hybridized carbons (Fsp3) is 0.238. The molecule has 0 amide bonds. The summed E-state index contributed by atoms with van der Waals surface area (Å²) in [5.41, 5.74) is 3.23. The van der Waals surface area contributed by atoms with Gasteiger partial charge in [0.05, 0.1) is 23.7 Å². The van der Waals surface area contributed by atoms with Crippen molar-refractivity contribution < 1.29 is 5.11 Å². The number of aliphatic hydroxyl groups excluding tert-OH is 1. The first-order valence-electron chi connectivity index (χ1n) is 9.05. The van der Waals surface area contributed by atoms with E-state index in [1.54, 1.807) is 4.57 Å². The molecule has 2 aliphatic rings. The molecular formula is C21H20N4O3. The Hall–Kier alpha value is -3.32. The van der Waals surface area contributed by atoms with Gasteiger partial charge in [-0.15, -0.1) is 0 Å². The van der Waals surface area contributed by atoms with Crippen LogP contribution < -0.4 is 11.2 Å². The van der Waals surface area contributed by atoms with Crippen molar-refractivity contribution in [2.75, 3.05) is 0 Å². The summed E-state index contributed by atoms with van der Waals surface area (Å²) < 4.78 is 1.70. The average molecular weight is 376 g/mol. The molecule has 0 radical (unpaired) electrons. The predicted octanol–water partition coefficient (Wildman–Crippen LogP) is 1.81. The number of benzene rings is 2. The third kappa shape index (κ3) is 3.44. The number of nitrogens with one attached hydrogen (secondary N) is 1. The molecule has 0 bridgehead atoms. The molecule has 0 fully saturated rings. The van der Waals surface area contributed by atoms with Crippen molar-refractivity contribution in [1.29, 1.82) is 0 Å². The van der Waals surface area contributed by atoms with E-state index in [-0.39, 0.29) is 18.1 Å². The van der Waals surface area contributed by atoms with Crippen LogP contribution in [-0.2, 0) is 13.0 Å². The van der Waals surface area contributed by atoms with Crippen LogP contribution in [0.2, 0.25) is 0 Å². The van der Waals surface area contributed by atoms with Crippen molar-refractivity contribution in [3.63, 3.8) is 0 Å². The number of rotatable bonds is 4. The first-order chi connectivity index (χ1) is 13.4. The first kappa shape index (κ1) is 18.1. The highest BCUT2D eigenvalue weighted by Crippen LogP contribution is 2.22. The molecule has 7 nitrogen and oxygen atoms in total. The number of aromatic nitrogens is 4. The number of hydrogen-bond donors (Lipinski definition) is 2. The molecule has 0 saturated heterocycles. The van der Waals surface area contributed by atoms with E-state index in [2.05, 4.69) is 15.0 Å². The number of aliphatic hydroxyl groups is 1. The summed E-state index contributed by atoms with van der Waals surface area (Å²) >= 11 is 0. The number of nitrogens with zero attached hydrogens (tertiary/aromatic N) is 3. The highest BCUT2D eigenvalue weighted by molar-refractivity contribution is 5.80. The van der Waals surface area contributed by atoms with Crippen LogP contribution in [0, 0.1) is 13.8 Å². The molecule has 0 aliphatic carbocycles. The molecule has 2 heterocycles. The Kier molecular flexibility index (Phi) is 4.52. The molecule has 2 N–H and O–H groups in total. The lowest BCUT2D eigenvalue weighted by Crippen LogP contribution is -2.30. The number of H-pyrrole nitrogens is 1. The second-order valence-electron chi connectivity index (χ2n) is 7.10. The molecule has 2 aliphatic heterocycles. The van der Waals surface area contributed by atoms with E-state index in [0.29, 0.717) is 17.5 Å². The number of aromatic amines is 1. The molecule has 1 unspecified atom stereocenters. The van der Waals surface area contributed by atoms with Crippen LogP contribution >= 0.6 is 0 Å². The van der Waals surface area contributed by atoms with Crippen molar-refractivity contribution in [3.8, 4) is 11.5 Å². The van der Waals surface area contributed by atoms with Crippen LogP contribution in [0.5, 0.6) is 0 Å². The lowest BCUT2D eigenvalue weighted by molar-refractivity contribution is 0.156. The summed E-state index contributed by atoms with van der Waals surface area (Å²) in [4.78, 5) is 34.6. The zero-order valence-corrected chi connectivity index (χ0v) is 15.6. The van der Waals surface area contributed by atoms with Gasteiger partial charge in [0.25, 0.3) is 5.56 Å². The van der Waals surface area contributed by atoms with E-state index in [4.69, 9.17) is 0 Å². The van der Waals surface area contributed by atoms with Crippen molar-refractivity contribution in [1.82, 2.24) is 19.5 Å². The summed E-state index contributed by atoms with van der Waals surface area (Å²) in [6, 6.07) is 13.6. The Labute approximate surface area is 160 Å². The van der Waals surface area contributed by atoms with E-state index in [1.165, 1.54) is 0 Å². The fourth-order valence-corrected chi connectivity index (χ4v) is 3.48. The maximum absolute atomic E-state index is 12.3. The largest absolute Gasteiger partial charge is 0.391 e. The standard InChI is InChI=1S/C21H20N4O3/c1-12-4-3-5-14(8-12)10-15(26)11-25-17-7-6-13(2)9-16(17)22-18-19(25)23-21(28)24-20(18)27/h3-9,15,26H,10-11H2,1-2H3,(H,24,27,28). The Bertz CT molecular complexity index is 1260. The minimum atomic E-state index is -0.729. The van der Waals surface area contributed by atoms with Gasteiger partial charge in [-0.3, -0.25) is 9.78 Å². The second kappa shape index (κ2) is 7.01. The molecule has 0 aromatic heterocycles. The summed E-state index contributed by atoms with van der Waals surface area (Å²) in [6.07, 6.45) is -0.280. The quantitative estimate of drug-likeness (QED) is 0.529. The van der Waals surface area contributed by atoms with E-state index in [9.17, 15) is 14.7 Å². The second-order valence-corrected chi connectivity index (χ2v) is 7.10. The maximum atomic E-state index is 12.3. The zero-order valence-electron chi connectivity index (χ0n) is 15.6. The molecule has 7 heteroatoms. The van der Waals surface area contributed by atoms with Gasteiger partial charge in [0, 0.05) is 6.42 Å². The molecule has 2 aromatic carbocycles. The molecule has 0 saturated carbocycles. The van der Waals surface area contributed by atoms with Gasteiger partial charge in [0.1, 0.15) is 0 Å². The van der Waals surface area contributed by atoms with Crippen LogP contribution in [-0.4, -0.2) is 30.7 Å². The number of aryl methyl sites for hydroxylation is 2. The van der Waals surface area contributed by atoms with Crippen molar-refractivity contribution in [3.05, 3.63) is 80.0 Å². The van der Waals surface area contributed by atoms with Crippen molar-refractivity contribution >= 4 is 11.0 Å². The molecular weight excluding hydrogens is 356 g/mol. The van der Waals surface area contributed by atoms with Gasteiger partial charge in [0.2, 0.25) is 0 Å². The van der Waals surface area contributed by atoms with Crippen LogP contribution in [0.3, 0.4) is 0 Å².